The third kappa shape index (κ3) is 4.85. The molecule has 192 valence electrons. The molecule has 8 nitrogen and oxygen atoms in total. The fraction of sp³-hybridized carbons (Fsp3) is 0.304. The Labute approximate surface area is 214 Å². The first kappa shape index (κ1) is 25.8. The number of nitrogens with zero attached hydrogens (tertiary/aromatic N) is 2. The second kappa shape index (κ2) is 9.98. The maximum atomic E-state index is 14.0. The molecule has 2 N–H and O–H groups in total. The highest BCUT2D eigenvalue weighted by atomic mass is 35.5. The monoisotopic (exact) mass is 544 g/mol. The molecule has 2 atom stereocenters. The van der Waals surface area contributed by atoms with Crippen LogP contribution in [0.3, 0.4) is 0 Å². The van der Waals surface area contributed by atoms with Crippen molar-refractivity contribution < 1.29 is 32.2 Å². The Bertz CT molecular complexity index is 1280. The molecule has 0 unspecified atom stereocenters. The van der Waals surface area contributed by atoms with Crippen LogP contribution in [0.15, 0.2) is 36.4 Å². The highest BCUT2D eigenvalue weighted by molar-refractivity contribution is 6.36. The first-order chi connectivity index (χ1) is 17.1. The van der Waals surface area contributed by atoms with Crippen LogP contribution in [0.4, 0.5) is 24.7 Å². The summed E-state index contributed by atoms with van der Waals surface area (Å²) in [6.45, 7) is 0. The van der Waals surface area contributed by atoms with Gasteiger partial charge in [-0.15, -0.1) is 0 Å². The smallest absolute Gasteiger partial charge is 0.410 e. The number of ether oxygens (including phenoxy) is 3. The zero-order chi connectivity index (χ0) is 26.2. The number of nitrogens with one attached hydrogen (secondary N) is 2. The number of carbonyl (C=O) groups is 1. The summed E-state index contributed by atoms with van der Waals surface area (Å²) in [6.07, 6.45) is -5.00. The summed E-state index contributed by atoms with van der Waals surface area (Å²) in [6, 6.07) is 6.73. The highest BCUT2D eigenvalue weighted by Crippen LogP contribution is 2.46. The number of carbonyl (C=O) groups excluding carboxylic acids is 1. The lowest BCUT2D eigenvalue weighted by molar-refractivity contribution is -0.173. The molecule has 1 amide bonds. The van der Waals surface area contributed by atoms with E-state index < -0.39 is 24.2 Å². The number of amides is 1. The van der Waals surface area contributed by atoms with E-state index in [4.69, 9.17) is 37.4 Å². The van der Waals surface area contributed by atoms with Crippen molar-refractivity contribution in [3.63, 3.8) is 0 Å². The Hall–Kier alpha value is -3.31. The van der Waals surface area contributed by atoms with E-state index in [9.17, 15) is 18.0 Å². The molecule has 0 saturated heterocycles. The van der Waals surface area contributed by atoms with E-state index in [1.807, 2.05) is 0 Å². The number of alkyl halides is 3. The summed E-state index contributed by atoms with van der Waals surface area (Å²) >= 11 is 12.5. The number of fused-ring (bicyclic) bond motifs is 1. The van der Waals surface area contributed by atoms with Crippen molar-refractivity contribution in [3.8, 4) is 17.2 Å². The molecule has 0 aliphatic carbocycles. The van der Waals surface area contributed by atoms with Crippen LogP contribution >= 0.6 is 23.2 Å². The van der Waals surface area contributed by atoms with Gasteiger partial charge in [-0.05, 0) is 17.7 Å². The largest absolute Gasteiger partial charge is 0.497 e. The summed E-state index contributed by atoms with van der Waals surface area (Å²) in [4.78, 5) is 13.1. The van der Waals surface area contributed by atoms with E-state index >= 15 is 0 Å². The number of aromatic nitrogens is 2. The molecule has 4 rings (SSSR count). The van der Waals surface area contributed by atoms with Crippen molar-refractivity contribution in [1.82, 2.24) is 9.78 Å². The summed E-state index contributed by atoms with van der Waals surface area (Å²) in [5.41, 5.74) is 0.375. The van der Waals surface area contributed by atoms with E-state index in [0.29, 0.717) is 16.0 Å². The van der Waals surface area contributed by atoms with Gasteiger partial charge in [-0.1, -0.05) is 35.3 Å². The minimum Gasteiger partial charge on any atom is -0.497 e. The maximum absolute atomic E-state index is 14.0. The van der Waals surface area contributed by atoms with Crippen LogP contribution in [0.25, 0.3) is 0 Å². The Morgan fingerprint density at radius 3 is 2.33 bits per heavy atom. The molecule has 0 fully saturated rings. The van der Waals surface area contributed by atoms with Gasteiger partial charge in [0, 0.05) is 18.6 Å². The molecule has 0 radical (unpaired) electrons. The molecular weight excluding hydrogens is 524 g/mol. The lowest BCUT2D eigenvalue weighted by atomic mass is 9.97. The normalized spacial score (nSPS) is 17.1. The number of halogens is 5. The van der Waals surface area contributed by atoms with Crippen LogP contribution < -0.4 is 24.8 Å². The van der Waals surface area contributed by atoms with Gasteiger partial charge in [-0.3, -0.25) is 4.79 Å². The van der Waals surface area contributed by atoms with Gasteiger partial charge in [0.25, 0.3) is 5.91 Å². The number of benzene rings is 2. The molecule has 36 heavy (non-hydrogen) atoms. The second-order valence-corrected chi connectivity index (χ2v) is 8.65. The van der Waals surface area contributed by atoms with E-state index in [1.54, 1.807) is 24.3 Å². The molecule has 1 aliphatic heterocycles. The number of hydrogen-bond donors (Lipinski definition) is 2. The molecule has 2 aromatic carbocycles. The third-order valence-corrected chi connectivity index (χ3v) is 6.40. The number of rotatable bonds is 6. The highest BCUT2D eigenvalue weighted by Gasteiger charge is 2.48. The maximum Gasteiger partial charge on any atom is 0.410 e. The third-order valence-electron chi connectivity index (χ3n) is 5.75. The molecular formula is C23H21Cl2F3N4O4. The van der Waals surface area contributed by atoms with Crippen molar-refractivity contribution >= 4 is 40.6 Å². The van der Waals surface area contributed by atoms with E-state index in [2.05, 4.69) is 15.7 Å². The standard InChI is InChI=1S/C23H21Cl2F3N4O4/c1-34-12-6-4-11(5-7-12)14-10-18(23(26,27)28)32-21(29-14)19(25)20(31-32)22(33)30-15-9-16(35-2)13(24)8-17(15)36-3/h4-9,14,18,29H,10H2,1-3H3,(H,30,33)/t14-,18-/m0/s1. The molecule has 2 heterocycles. The zero-order valence-corrected chi connectivity index (χ0v) is 20.8. The summed E-state index contributed by atoms with van der Waals surface area (Å²) in [5.74, 6) is 0.0765. The van der Waals surface area contributed by atoms with Crippen LogP contribution in [0.2, 0.25) is 10.0 Å². The van der Waals surface area contributed by atoms with Gasteiger partial charge in [0.2, 0.25) is 0 Å². The summed E-state index contributed by atoms with van der Waals surface area (Å²) in [7, 11) is 4.25. The van der Waals surface area contributed by atoms with Crippen molar-refractivity contribution in [2.45, 2.75) is 24.7 Å². The van der Waals surface area contributed by atoms with E-state index in [1.165, 1.54) is 33.5 Å². The lowest BCUT2D eigenvalue weighted by Gasteiger charge is -2.33. The van der Waals surface area contributed by atoms with Crippen LogP contribution in [-0.4, -0.2) is 43.2 Å². The molecule has 3 aromatic rings. The minimum absolute atomic E-state index is 0.114. The van der Waals surface area contributed by atoms with Crippen molar-refractivity contribution in [2.75, 3.05) is 32.0 Å². The van der Waals surface area contributed by atoms with Crippen LogP contribution in [0.5, 0.6) is 17.2 Å². The molecule has 0 spiro atoms. The number of methoxy groups -OCH3 is 3. The fourth-order valence-corrected chi connectivity index (χ4v) is 4.42. The summed E-state index contributed by atoms with van der Waals surface area (Å²) in [5, 5.41) is 9.47. The van der Waals surface area contributed by atoms with Gasteiger partial charge in [-0.25, -0.2) is 4.68 Å². The molecule has 1 aromatic heterocycles. The molecule has 0 saturated carbocycles. The second-order valence-electron chi connectivity index (χ2n) is 7.86. The van der Waals surface area contributed by atoms with Gasteiger partial charge in [-0.2, -0.15) is 18.3 Å². The first-order valence-electron chi connectivity index (χ1n) is 10.6. The van der Waals surface area contributed by atoms with Crippen LogP contribution in [-0.2, 0) is 0 Å². The van der Waals surface area contributed by atoms with Gasteiger partial charge in [0.05, 0.1) is 38.1 Å². The van der Waals surface area contributed by atoms with E-state index in [0.717, 1.165) is 0 Å². The van der Waals surface area contributed by atoms with Gasteiger partial charge in [0.15, 0.2) is 11.7 Å². The average molecular weight is 545 g/mol. The predicted octanol–water partition coefficient (Wildman–Crippen LogP) is 6.13. The Balaban J connectivity index is 1.70. The van der Waals surface area contributed by atoms with Gasteiger partial charge in [0.1, 0.15) is 28.1 Å². The van der Waals surface area contributed by atoms with Crippen molar-refractivity contribution in [2.24, 2.45) is 0 Å². The molecule has 0 bridgehead atoms. The van der Waals surface area contributed by atoms with Crippen molar-refractivity contribution in [1.29, 1.82) is 0 Å². The Morgan fingerprint density at radius 1 is 1.08 bits per heavy atom. The predicted molar refractivity (Wildman–Crippen MR) is 129 cm³/mol. The molecule has 13 heteroatoms. The first-order valence-corrected chi connectivity index (χ1v) is 11.3. The van der Waals surface area contributed by atoms with E-state index in [-0.39, 0.29) is 45.2 Å². The Kier molecular flexibility index (Phi) is 7.14. The fourth-order valence-electron chi connectivity index (χ4n) is 3.93. The molecule has 1 aliphatic rings. The summed E-state index contributed by atoms with van der Waals surface area (Å²) < 4.78 is 58.3. The van der Waals surface area contributed by atoms with Crippen molar-refractivity contribution in [3.05, 3.63) is 57.7 Å². The topological polar surface area (TPSA) is 86.6 Å². The SMILES string of the molecule is COc1ccc([C@@H]2C[C@@H](C(F)(F)F)n3nc(C(=O)Nc4cc(OC)c(Cl)cc4OC)c(Cl)c3N2)cc1. The average Bonchev–Trinajstić information content (AvgIpc) is 3.20. The lowest BCUT2D eigenvalue weighted by Crippen LogP contribution is -2.35. The van der Waals surface area contributed by atoms with Gasteiger partial charge >= 0.3 is 6.18 Å². The number of hydrogen-bond acceptors (Lipinski definition) is 6. The number of anilines is 2. The van der Waals surface area contributed by atoms with Crippen LogP contribution in [0.1, 0.15) is 34.6 Å². The van der Waals surface area contributed by atoms with Gasteiger partial charge < -0.3 is 24.8 Å². The Morgan fingerprint density at radius 2 is 1.75 bits per heavy atom. The quantitative estimate of drug-likeness (QED) is 0.388. The zero-order valence-electron chi connectivity index (χ0n) is 19.2. The minimum atomic E-state index is -4.64. The van der Waals surface area contributed by atoms with Crippen LogP contribution in [0, 0.1) is 0 Å².